The highest BCUT2D eigenvalue weighted by Gasteiger charge is 2.32. The van der Waals surface area contributed by atoms with Crippen molar-refractivity contribution in [3.8, 4) is 0 Å². The number of hydrogen-bond donors (Lipinski definition) is 1. The van der Waals surface area contributed by atoms with Crippen LogP contribution in [0.25, 0.3) is 0 Å². The van der Waals surface area contributed by atoms with Gasteiger partial charge < -0.3 is 9.84 Å². The van der Waals surface area contributed by atoms with Crippen LogP contribution in [0.4, 0.5) is 0 Å². The van der Waals surface area contributed by atoms with Gasteiger partial charge in [0.05, 0.1) is 5.92 Å². The van der Waals surface area contributed by atoms with Crippen molar-refractivity contribution in [2.24, 2.45) is 0 Å². The topological polar surface area (TPSA) is 63.6 Å². The van der Waals surface area contributed by atoms with Crippen molar-refractivity contribution in [3.05, 3.63) is 35.4 Å². The maximum Gasteiger partial charge on any atom is 0.311 e. The third-order valence-electron chi connectivity index (χ3n) is 3.01. The molecule has 90 valence electrons. The lowest BCUT2D eigenvalue weighted by Gasteiger charge is -2.28. The number of carboxylic acids is 1. The molecule has 0 bridgehead atoms. The van der Waals surface area contributed by atoms with Gasteiger partial charge in [0, 0.05) is 19.8 Å². The smallest absolute Gasteiger partial charge is 0.311 e. The molecule has 17 heavy (non-hydrogen) atoms. The van der Waals surface area contributed by atoms with E-state index < -0.39 is 11.9 Å². The molecule has 4 heteroatoms. The molecule has 0 spiro atoms. The van der Waals surface area contributed by atoms with Crippen LogP contribution in [0.5, 0.6) is 0 Å². The second-order valence-corrected chi connectivity index (χ2v) is 4.26. The molecule has 0 saturated carbocycles. The van der Waals surface area contributed by atoms with E-state index in [9.17, 15) is 14.7 Å². The molecule has 0 aliphatic heterocycles. The quantitative estimate of drug-likeness (QED) is 0.791. The summed E-state index contributed by atoms with van der Waals surface area (Å²) in [6.07, 6.45) is 0.620. The second-order valence-electron chi connectivity index (χ2n) is 4.26. The molecule has 0 aromatic heterocycles. The molecular formula is C13H14O4. The number of rotatable bonds is 2. The van der Waals surface area contributed by atoms with Crippen LogP contribution >= 0.6 is 0 Å². The minimum atomic E-state index is -0.866. The maximum atomic E-state index is 11.2. The van der Waals surface area contributed by atoms with Crippen molar-refractivity contribution in [1.82, 2.24) is 0 Å². The molecular weight excluding hydrogens is 220 g/mol. The number of benzene rings is 1. The Morgan fingerprint density at radius 3 is 2.71 bits per heavy atom. The van der Waals surface area contributed by atoms with E-state index in [0.29, 0.717) is 12.8 Å². The van der Waals surface area contributed by atoms with E-state index in [-0.39, 0.29) is 12.1 Å². The summed E-state index contributed by atoms with van der Waals surface area (Å²) in [5, 5.41) is 9.20. The maximum absolute atomic E-state index is 11.2. The predicted molar refractivity (Wildman–Crippen MR) is 60.7 cm³/mol. The number of hydrogen-bond acceptors (Lipinski definition) is 3. The van der Waals surface area contributed by atoms with Gasteiger partial charge in [-0.1, -0.05) is 24.3 Å². The average Bonchev–Trinajstić information content (AvgIpc) is 2.27. The molecule has 4 nitrogen and oxygen atoms in total. The normalized spacial score (nSPS) is 22.6. The van der Waals surface area contributed by atoms with Gasteiger partial charge >= 0.3 is 11.9 Å². The molecule has 1 aromatic carbocycles. The fraction of sp³-hybridized carbons (Fsp3) is 0.385. The lowest BCUT2D eigenvalue weighted by molar-refractivity contribution is -0.150. The summed E-state index contributed by atoms with van der Waals surface area (Å²) in [4.78, 5) is 22.1. The SMILES string of the molecule is CC(=O)OC1Cc2ccccc2C(C(=O)O)C1. The number of aliphatic carboxylic acids is 1. The largest absolute Gasteiger partial charge is 0.481 e. The highest BCUT2D eigenvalue weighted by atomic mass is 16.5. The van der Waals surface area contributed by atoms with Gasteiger partial charge in [-0.2, -0.15) is 0 Å². The van der Waals surface area contributed by atoms with Crippen molar-refractivity contribution in [1.29, 1.82) is 0 Å². The zero-order valence-electron chi connectivity index (χ0n) is 9.55. The molecule has 2 unspecified atom stereocenters. The Morgan fingerprint density at radius 1 is 1.35 bits per heavy atom. The van der Waals surface area contributed by atoms with Crippen molar-refractivity contribution in [3.63, 3.8) is 0 Å². The van der Waals surface area contributed by atoms with Gasteiger partial charge in [-0.25, -0.2) is 0 Å². The molecule has 1 aliphatic carbocycles. The van der Waals surface area contributed by atoms with Gasteiger partial charge in [-0.05, 0) is 11.1 Å². The Labute approximate surface area is 99.2 Å². The van der Waals surface area contributed by atoms with Crippen molar-refractivity contribution >= 4 is 11.9 Å². The van der Waals surface area contributed by atoms with Crippen LogP contribution in [-0.4, -0.2) is 23.1 Å². The monoisotopic (exact) mass is 234 g/mol. The number of ether oxygens (including phenoxy) is 1. The Morgan fingerprint density at radius 2 is 2.06 bits per heavy atom. The summed E-state index contributed by atoms with van der Waals surface area (Å²) >= 11 is 0. The number of esters is 1. The van der Waals surface area contributed by atoms with Crippen LogP contribution in [0.1, 0.15) is 30.4 Å². The molecule has 2 atom stereocenters. The van der Waals surface area contributed by atoms with Gasteiger partial charge in [0.1, 0.15) is 6.10 Å². The second kappa shape index (κ2) is 4.57. The van der Waals surface area contributed by atoms with Crippen LogP contribution < -0.4 is 0 Å². The van der Waals surface area contributed by atoms with Gasteiger partial charge in [0.25, 0.3) is 0 Å². The fourth-order valence-corrected chi connectivity index (χ4v) is 2.34. The highest BCUT2D eigenvalue weighted by Crippen LogP contribution is 2.33. The summed E-state index contributed by atoms with van der Waals surface area (Å²) in [5.74, 6) is -1.81. The first-order chi connectivity index (χ1) is 8.08. The van der Waals surface area contributed by atoms with E-state index in [1.807, 2.05) is 24.3 Å². The van der Waals surface area contributed by atoms with E-state index in [4.69, 9.17) is 4.74 Å². The van der Waals surface area contributed by atoms with E-state index in [2.05, 4.69) is 0 Å². The first-order valence-electron chi connectivity index (χ1n) is 5.55. The predicted octanol–water partition coefficient (Wildman–Crippen LogP) is 1.73. The van der Waals surface area contributed by atoms with Crippen molar-refractivity contribution < 1.29 is 19.4 Å². The number of carbonyl (C=O) groups is 2. The summed E-state index contributed by atoms with van der Waals surface area (Å²) in [5.41, 5.74) is 1.79. The lowest BCUT2D eigenvalue weighted by Crippen LogP contribution is -2.30. The van der Waals surface area contributed by atoms with Gasteiger partial charge in [0.2, 0.25) is 0 Å². The first-order valence-corrected chi connectivity index (χ1v) is 5.55. The third-order valence-corrected chi connectivity index (χ3v) is 3.01. The van der Waals surface area contributed by atoms with Gasteiger partial charge in [0.15, 0.2) is 0 Å². The minimum absolute atomic E-state index is 0.330. The molecule has 0 amide bonds. The van der Waals surface area contributed by atoms with E-state index in [1.54, 1.807) is 0 Å². The van der Waals surface area contributed by atoms with Crippen LogP contribution in [0.15, 0.2) is 24.3 Å². The first kappa shape index (κ1) is 11.6. The summed E-state index contributed by atoms with van der Waals surface area (Å²) in [6.45, 7) is 1.34. The number of carbonyl (C=O) groups excluding carboxylic acids is 1. The van der Waals surface area contributed by atoms with Gasteiger partial charge in [-0.15, -0.1) is 0 Å². The molecule has 0 saturated heterocycles. The molecule has 0 heterocycles. The minimum Gasteiger partial charge on any atom is -0.481 e. The summed E-state index contributed by atoms with van der Waals surface area (Å²) in [7, 11) is 0. The van der Waals surface area contributed by atoms with Crippen LogP contribution in [0.2, 0.25) is 0 Å². The molecule has 1 aliphatic rings. The van der Waals surface area contributed by atoms with Crippen LogP contribution in [0.3, 0.4) is 0 Å². The van der Waals surface area contributed by atoms with Crippen molar-refractivity contribution in [2.45, 2.75) is 31.8 Å². The van der Waals surface area contributed by atoms with E-state index in [0.717, 1.165) is 11.1 Å². The number of fused-ring (bicyclic) bond motifs is 1. The molecule has 0 radical (unpaired) electrons. The molecule has 2 rings (SSSR count). The highest BCUT2D eigenvalue weighted by molar-refractivity contribution is 5.77. The summed E-state index contributed by atoms with van der Waals surface area (Å²) in [6, 6.07) is 7.42. The van der Waals surface area contributed by atoms with E-state index in [1.165, 1.54) is 6.92 Å². The fourth-order valence-electron chi connectivity index (χ4n) is 2.34. The van der Waals surface area contributed by atoms with Gasteiger partial charge in [-0.3, -0.25) is 9.59 Å². The molecule has 1 aromatic rings. The molecule has 1 N–H and O–H groups in total. The Hall–Kier alpha value is -1.84. The Balaban J connectivity index is 2.29. The molecule has 0 fully saturated rings. The third kappa shape index (κ3) is 2.46. The number of carboxylic acid groups (broad SMARTS) is 1. The zero-order valence-corrected chi connectivity index (χ0v) is 9.55. The Kier molecular flexibility index (Phi) is 3.13. The zero-order chi connectivity index (χ0) is 12.4. The van der Waals surface area contributed by atoms with E-state index >= 15 is 0 Å². The van der Waals surface area contributed by atoms with Crippen LogP contribution in [-0.2, 0) is 20.7 Å². The average molecular weight is 234 g/mol. The summed E-state index contributed by atoms with van der Waals surface area (Å²) < 4.78 is 5.13. The van der Waals surface area contributed by atoms with Crippen molar-refractivity contribution in [2.75, 3.05) is 0 Å². The Bertz CT molecular complexity index is 452. The standard InChI is InChI=1S/C13H14O4/c1-8(14)17-10-6-9-4-2-3-5-11(9)12(7-10)13(15)16/h2-5,10,12H,6-7H2,1H3,(H,15,16). The van der Waals surface area contributed by atoms with Crippen LogP contribution in [0, 0.1) is 0 Å². The lowest BCUT2D eigenvalue weighted by atomic mass is 9.81.